The topological polar surface area (TPSA) is 47.4 Å². The molecule has 2 aliphatic rings. The third-order valence-corrected chi connectivity index (χ3v) is 5.47. The van der Waals surface area contributed by atoms with Gasteiger partial charge in [-0.1, -0.05) is 0 Å². The number of hydrogen-bond acceptors (Lipinski definition) is 4. The number of carbonyl (C=O) groups excluding carboxylic acids is 1. The lowest BCUT2D eigenvalue weighted by Gasteiger charge is -2.32. The van der Waals surface area contributed by atoms with Crippen LogP contribution in [-0.4, -0.2) is 40.8 Å². The van der Waals surface area contributed by atoms with Crippen LogP contribution < -0.4 is 0 Å². The lowest BCUT2D eigenvalue weighted by Crippen LogP contribution is -2.35. The second kappa shape index (κ2) is 5.69. The number of rotatable bonds is 4. The Labute approximate surface area is 132 Å². The van der Waals surface area contributed by atoms with Crippen molar-refractivity contribution in [3.05, 3.63) is 17.5 Å². The fourth-order valence-corrected chi connectivity index (χ4v) is 3.71. The number of carbonyl (C=O) groups is 1. The first kappa shape index (κ1) is 15.5. The van der Waals surface area contributed by atoms with Crippen molar-refractivity contribution in [2.75, 3.05) is 20.2 Å². The first-order chi connectivity index (χ1) is 10.4. The van der Waals surface area contributed by atoms with Crippen LogP contribution in [0, 0.1) is 18.3 Å². The number of esters is 1. The quantitative estimate of drug-likeness (QED) is 0.802. The smallest absolute Gasteiger partial charge is 0.309 e. The number of piperidine rings is 1. The molecule has 1 aliphatic heterocycles. The normalized spacial score (nSPS) is 24.0. The van der Waals surface area contributed by atoms with Gasteiger partial charge in [-0.15, -0.1) is 0 Å². The molecule has 2 heterocycles. The number of hydrogen-bond donors (Lipinski definition) is 0. The molecule has 122 valence electrons. The van der Waals surface area contributed by atoms with Gasteiger partial charge in [-0.25, -0.2) is 0 Å². The first-order valence-corrected chi connectivity index (χ1v) is 8.30. The Balaban J connectivity index is 1.56. The number of nitrogens with zero attached hydrogens (tertiary/aromatic N) is 3. The largest absolute Gasteiger partial charge is 0.469 e. The van der Waals surface area contributed by atoms with Crippen molar-refractivity contribution in [2.45, 2.75) is 52.6 Å². The molecule has 0 amide bonds. The molecular weight excluding hydrogens is 278 g/mol. The summed E-state index contributed by atoms with van der Waals surface area (Å²) in [6.45, 7) is 9.51. The van der Waals surface area contributed by atoms with Crippen molar-refractivity contribution in [3.8, 4) is 0 Å². The van der Waals surface area contributed by atoms with E-state index < -0.39 is 0 Å². The molecule has 5 heteroatoms. The standard InChI is InChI=1S/C17H27N3O2/c1-12(2)20-11-14(13(3)18-20)10-19-7-5-17(6-8-19)9-15(17)16(21)22-4/h11-12,15H,5-10H2,1-4H3/t15-/m1/s1. The zero-order chi connectivity index (χ0) is 15.9. The van der Waals surface area contributed by atoms with E-state index in [9.17, 15) is 4.79 Å². The van der Waals surface area contributed by atoms with Gasteiger partial charge in [0.25, 0.3) is 0 Å². The van der Waals surface area contributed by atoms with Crippen LogP contribution in [0.15, 0.2) is 6.20 Å². The third kappa shape index (κ3) is 2.78. The highest BCUT2D eigenvalue weighted by atomic mass is 16.5. The molecule has 1 spiro atoms. The van der Waals surface area contributed by atoms with Crippen LogP contribution >= 0.6 is 0 Å². The second-order valence-corrected chi connectivity index (χ2v) is 7.23. The van der Waals surface area contributed by atoms with Crippen LogP contribution in [0.3, 0.4) is 0 Å². The second-order valence-electron chi connectivity index (χ2n) is 7.23. The third-order valence-electron chi connectivity index (χ3n) is 5.47. The van der Waals surface area contributed by atoms with Crippen molar-refractivity contribution in [1.82, 2.24) is 14.7 Å². The van der Waals surface area contributed by atoms with E-state index in [4.69, 9.17) is 4.74 Å². The lowest BCUT2D eigenvalue weighted by molar-refractivity contribution is -0.143. The van der Waals surface area contributed by atoms with E-state index in [1.165, 1.54) is 12.7 Å². The highest BCUT2D eigenvalue weighted by Crippen LogP contribution is 2.59. The van der Waals surface area contributed by atoms with Gasteiger partial charge in [-0.05, 0) is 58.5 Å². The molecule has 1 saturated carbocycles. The lowest BCUT2D eigenvalue weighted by atomic mass is 9.90. The Bertz CT molecular complexity index is 556. The monoisotopic (exact) mass is 305 g/mol. The van der Waals surface area contributed by atoms with E-state index in [2.05, 4.69) is 37.0 Å². The molecule has 3 rings (SSSR count). The summed E-state index contributed by atoms with van der Waals surface area (Å²) in [4.78, 5) is 14.2. The maximum Gasteiger partial charge on any atom is 0.309 e. The molecule has 1 aromatic rings. The average molecular weight is 305 g/mol. The van der Waals surface area contributed by atoms with Crippen molar-refractivity contribution in [3.63, 3.8) is 0 Å². The molecule has 5 nitrogen and oxygen atoms in total. The number of aryl methyl sites for hydroxylation is 1. The number of likely N-dealkylation sites (tertiary alicyclic amines) is 1. The molecule has 2 fully saturated rings. The zero-order valence-corrected chi connectivity index (χ0v) is 14.1. The van der Waals surface area contributed by atoms with Crippen molar-refractivity contribution in [1.29, 1.82) is 0 Å². The summed E-state index contributed by atoms with van der Waals surface area (Å²) in [5.74, 6) is 0.146. The number of ether oxygens (including phenoxy) is 1. The van der Waals surface area contributed by atoms with Gasteiger partial charge in [0, 0.05) is 24.3 Å². The van der Waals surface area contributed by atoms with Crippen LogP contribution in [0.4, 0.5) is 0 Å². The van der Waals surface area contributed by atoms with Crippen molar-refractivity contribution < 1.29 is 9.53 Å². The summed E-state index contributed by atoms with van der Waals surface area (Å²) in [7, 11) is 1.50. The minimum atomic E-state index is -0.0116. The van der Waals surface area contributed by atoms with E-state index in [0.29, 0.717) is 6.04 Å². The molecule has 0 bridgehead atoms. The van der Waals surface area contributed by atoms with Gasteiger partial charge in [-0.2, -0.15) is 5.10 Å². The summed E-state index contributed by atoms with van der Waals surface area (Å²) in [6, 6.07) is 0.407. The van der Waals surface area contributed by atoms with E-state index in [-0.39, 0.29) is 17.3 Å². The molecule has 1 aromatic heterocycles. The fraction of sp³-hybridized carbons (Fsp3) is 0.765. The minimum absolute atomic E-state index is 0.0116. The molecule has 1 saturated heterocycles. The van der Waals surface area contributed by atoms with E-state index in [1.54, 1.807) is 0 Å². The van der Waals surface area contributed by atoms with Gasteiger partial charge in [0.1, 0.15) is 0 Å². The van der Waals surface area contributed by atoms with Crippen molar-refractivity contribution in [2.24, 2.45) is 11.3 Å². The number of methoxy groups -OCH3 is 1. The van der Waals surface area contributed by atoms with Gasteiger partial charge < -0.3 is 4.74 Å². The molecule has 0 aromatic carbocycles. The van der Waals surface area contributed by atoms with Crippen LogP contribution in [0.25, 0.3) is 0 Å². The van der Waals surface area contributed by atoms with Gasteiger partial charge in [-0.3, -0.25) is 14.4 Å². The minimum Gasteiger partial charge on any atom is -0.469 e. The van der Waals surface area contributed by atoms with Gasteiger partial charge in [0.2, 0.25) is 0 Å². The predicted molar refractivity (Wildman–Crippen MR) is 84.4 cm³/mol. The zero-order valence-electron chi connectivity index (χ0n) is 14.1. The maximum atomic E-state index is 11.7. The SMILES string of the molecule is COC(=O)[C@H]1CC12CCN(Cc1cn(C(C)C)nc1C)CC2. The van der Waals surface area contributed by atoms with Gasteiger partial charge in [0.05, 0.1) is 18.7 Å². The van der Waals surface area contributed by atoms with Gasteiger partial charge >= 0.3 is 5.97 Å². The van der Waals surface area contributed by atoms with E-state index in [0.717, 1.165) is 44.6 Å². The summed E-state index contributed by atoms with van der Waals surface area (Å²) in [5.41, 5.74) is 2.71. The Morgan fingerprint density at radius 2 is 2.14 bits per heavy atom. The molecule has 0 radical (unpaired) electrons. The molecular formula is C17H27N3O2. The number of aromatic nitrogens is 2. The van der Waals surface area contributed by atoms with Crippen LogP contribution in [0.1, 0.15) is 50.4 Å². The molecule has 1 atom stereocenters. The summed E-state index contributed by atoms with van der Waals surface area (Å²) in [6.07, 6.45) is 5.44. The highest BCUT2D eigenvalue weighted by molar-refractivity contribution is 5.76. The van der Waals surface area contributed by atoms with Crippen LogP contribution in [0.2, 0.25) is 0 Å². The Morgan fingerprint density at radius 3 is 2.68 bits per heavy atom. The molecule has 0 N–H and O–H groups in total. The summed E-state index contributed by atoms with van der Waals surface area (Å²) >= 11 is 0. The summed E-state index contributed by atoms with van der Waals surface area (Å²) < 4.78 is 6.95. The Hall–Kier alpha value is -1.36. The van der Waals surface area contributed by atoms with E-state index >= 15 is 0 Å². The maximum absolute atomic E-state index is 11.7. The average Bonchev–Trinajstić information content (AvgIpc) is 3.08. The summed E-state index contributed by atoms with van der Waals surface area (Å²) in [5, 5.41) is 4.59. The van der Waals surface area contributed by atoms with Crippen molar-refractivity contribution >= 4 is 5.97 Å². The highest BCUT2D eigenvalue weighted by Gasteiger charge is 2.59. The van der Waals surface area contributed by atoms with Gasteiger partial charge in [0.15, 0.2) is 0 Å². The molecule has 22 heavy (non-hydrogen) atoms. The van der Waals surface area contributed by atoms with E-state index in [1.807, 2.05) is 4.68 Å². The first-order valence-electron chi connectivity index (χ1n) is 8.30. The molecule has 1 aliphatic carbocycles. The molecule has 0 unspecified atom stereocenters. The predicted octanol–water partition coefficient (Wildman–Crippen LogP) is 2.55. The van der Waals surface area contributed by atoms with Crippen LogP contribution in [-0.2, 0) is 16.1 Å². The Kier molecular flexibility index (Phi) is 4.02. The Morgan fingerprint density at radius 1 is 1.45 bits per heavy atom. The fourth-order valence-electron chi connectivity index (χ4n) is 3.71. The van der Waals surface area contributed by atoms with Crippen LogP contribution in [0.5, 0.6) is 0 Å².